The van der Waals surface area contributed by atoms with E-state index in [1.54, 1.807) is 12.1 Å². The van der Waals surface area contributed by atoms with Crippen molar-refractivity contribution in [1.82, 2.24) is 14.7 Å². The van der Waals surface area contributed by atoms with Crippen molar-refractivity contribution in [2.24, 2.45) is 5.92 Å². The number of carbonyl (C=O) groups is 2. The van der Waals surface area contributed by atoms with E-state index in [-0.39, 0.29) is 17.7 Å². The number of fused-ring (bicyclic) bond motifs is 1. The first-order valence-electron chi connectivity index (χ1n) is 8.30. The van der Waals surface area contributed by atoms with E-state index >= 15 is 0 Å². The summed E-state index contributed by atoms with van der Waals surface area (Å²) < 4.78 is 1.96. The maximum absolute atomic E-state index is 12.2. The summed E-state index contributed by atoms with van der Waals surface area (Å²) in [7, 11) is 0. The highest BCUT2D eigenvalue weighted by Gasteiger charge is 2.29. The zero-order valence-electron chi connectivity index (χ0n) is 13.6. The van der Waals surface area contributed by atoms with E-state index in [2.05, 4.69) is 15.6 Å². The Kier molecular flexibility index (Phi) is 4.23. The molecule has 3 aromatic heterocycles. The van der Waals surface area contributed by atoms with Crippen LogP contribution in [0.3, 0.4) is 0 Å². The normalized spacial score (nSPS) is 13.8. The fraction of sp³-hybridized carbons (Fsp3) is 0.278. The van der Waals surface area contributed by atoms with Gasteiger partial charge in [-0.05, 0) is 37.1 Å². The molecule has 2 N–H and O–H groups in total. The first-order chi connectivity index (χ1) is 12.2. The summed E-state index contributed by atoms with van der Waals surface area (Å²) in [5.74, 6) is 0.0890. The fourth-order valence-corrected chi connectivity index (χ4v) is 3.42. The van der Waals surface area contributed by atoms with Gasteiger partial charge in [-0.1, -0.05) is 6.07 Å². The highest BCUT2D eigenvalue weighted by molar-refractivity contribution is 7.18. The Balaban J connectivity index is 1.29. The average molecular weight is 354 g/mol. The Morgan fingerprint density at radius 3 is 2.92 bits per heavy atom. The quantitative estimate of drug-likeness (QED) is 0.715. The predicted octanol–water partition coefficient (Wildman–Crippen LogP) is 2.72. The van der Waals surface area contributed by atoms with E-state index in [9.17, 15) is 9.59 Å². The van der Waals surface area contributed by atoms with Crippen LogP contribution in [0.1, 0.15) is 28.2 Å². The molecule has 25 heavy (non-hydrogen) atoms. The highest BCUT2D eigenvalue weighted by Crippen LogP contribution is 2.31. The summed E-state index contributed by atoms with van der Waals surface area (Å²) in [6.07, 6.45) is 6.52. The minimum Gasteiger partial charge on any atom is -0.351 e. The van der Waals surface area contributed by atoms with Gasteiger partial charge in [0.1, 0.15) is 5.65 Å². The van der Waals surface area contributed by atoms with E-state index in [0.717, 1.165) is 29.2 Å². The molecular weight excluding hydrogens is 336 g/mol. The average Bonchev–Trinajstić information content (AvgIpc) is 3.22. The van der Waals surface area contributed by atoms with E-state index in [0.29, 0.717) is 17.8 Å². The first kappa shape index (κ1) is 15.8. The Bertz CT molecular complexity index is 893. The number of hydrogen-bond donors (Lipinski definition) is 2. The van der Waals surface area contributed by atoms with Crippen LogP contribution in [-0.4, -0.2) is 27.7 Å². The second-order valence-corrected chi connectivity index (χ2v) is 7.22. The number of imidazole rings is 1. The molecule has 7 heteroatoms. The van der Waals surface area contributed by atoms with Gasteiger partial charge in [0.15, 0.2) is 0 Å². The largest absolute Gasteiger partial charge is 0.351 e. The van der Waals surface area contributed by atoms with Gasteiger partial charge in [-0.15, -0.1) is 11.3 Å². The van der Waals surface area contributed by atoms with Crippen molar-refractivity contribution in [1.29, 1.82) is 0 Å². The summed E-state index contributed by atoms with van der Waals surface area (Å²) in [6, 6.07) is 9.38. The molecule has 1 fully saturated rings. The van der Waals surface area contributed by atoms with Gasteiger partial charge in [0.2, 0.25) is 5.91 Å². The Hall–Kier alpha value is -2.67. The number of hydrogen-bond acceptors (Lipinski definition) is 4. The first-order valence-corrected chi connectivity index (χ1v) is 9.12. The standard InChI is InChI=1S/C18H18N4O2S/c23-17(12-4-5-12)21-16-7-6-14(25-16)18(24)19-9-8-13-11-22-10-2-1-3-15(22)20-13/h1-3,6-7,10-12H,4-5,8-9H2,(H,19,24)(H,21,23). The van der Waals surface area contributed by atoms with E-state index in [4.69, 9.17) is 0 Å². The minimum absolute atomic E-state index is 0.0562. The second kappa shape index (κ2) is 6.68. The molecule has 1 aliphatic rings. The summed E-state index contributed by atoms with van der Waals surface area (Å²) >= 11 is 1.30. The number of thiophene rings is 1. The molecule has 1 aliphatic carbocycles. The van der Waals surface area contributed by atoms with Crippen LogP contribution >= 0.6 is 11.3 Å². The van der Waals surface area contributed by atoms with E-state index in [1.165, 1.54) is 11.3 Å². The van der Waals surface area contributed by atoms with Gasteiger partial charge >= 0.3 is 0 Å². The Labute approximate surface area is 148 Å². The van der Waals surface area contributed by atoms with Crippen molar-refractivity contribution in [3.05, 3.63) is 53.3 Å². The third-order valence-electron chi connectivity index (χ3n) is 4.10. The Morgan fingerprint density at radius 1 is 1.24 bits per heavy atom. The topological polar surface area (TPSA) is 75.5 Å². The summed E-state index contributed by atoms with van der Waals surface area (Å²) in [6.45, 7) is 0.518. The SMILES string of the molecule is O=C(NCCc1cn2ccccc2n1)c1ccc(NC(=O)C2CC2)s1. The maximum atomic E-state index is 12.2. The van der Waals surface area contributed by atoms with Gasteiger partial charge in [-0.25, -0.2) is 4.98 Å². The molecule has 2 amide bonds. The predicted molar refractivity (Wildman–Crippen MR) is 96.9 cm³/mol. The summed E-state index contributed by atoms with van der Waals surface area (Å²) in [5.41, 5.74) is 1.84. The molecule has 128 valence electrons. The number of rotatable bonds is 6. The molecule has 4 rings (SSSR count). The van der Waals surface area contributed by atoms with Crippen LogP contribution in [0.2, 0.25) is 0 Å². The number of carbonyl (C=O) groups excluding carboxylic acids is 2. The van der Waals surface area contributed by atoms with E-state index < -0.39 is 0 Å². The minimum atomic E-state index is -0.124. The summed E-state index contributed by atoms with van der Waals surface area (Å²) in [5, 5.41) is 6.49. The lowest BCUT2D eigenvalue weighted by Gasteiger charge is -2.02. The van der Waals surface area contributed by atoms with Gasteiger partial charge in [0.05, 0.1) is 15.6 Å². The molecule has 0 saturated heterocycles. The van der Waals surface area contributed by atoms with Crippen LogP contribution in [0.4, 0.5) is 5.00 Å². The van der Waals surface area contributed by atoms with Gasteiger partial charge < -0.3 is 15.0 Å². The molecule has 3 aromatic rings. The van der Waals surface area contributed by atoms with Crippen LogP contribution in [0.15, 0.2) is 42.7 Å². The third kappa shape index (κ3) is 3.71. The third-order valence-corrected chi connectivity index (χ3v) is 5.10. The molecule has 1 saturated carbocycles. The molecule has 3 heterocycles. The lowest BCUT2D eigenvalue weighted by molar-refractivity contribution is -0.117. The van der Waals surface area contributed by atoms with Crippen molar-refractivity contribution < 1.29 is 9.59 Å². The molecule has 0 spiro atoms. The number of pyridine rings is 1. The van der Waals surface area contributed by atoms with E-state index in [1.807, 2.05) is 35.0 Å². The van der Waals surface area contributed by atoms with Crippen LogP contribution in [0, 0.1) is 5.92 Å². The van der Waals surface area contributed by atoms with Crippen LogP contribution in [-0.2, 0) is 11.2 Å². The van der Waals surface area contributed by atoms with Gasteiger partial charge in [-0.3, -0.25) is 9.59 Å². The van der Waals surface area contributed by atoms with Gasteiger partial charge in [0, 0.05) is 31.3 Å². The summed E-state index contributed by atoms with van der Waals surface area (Å²) in [4.78, 5) is 29.1. The maximum Gasteiger partial charge on any atom is 0.261 e. The van der Waals surface area contributed by atoms with Crippen molar-refractivity contribution in [2.45, 2.75) is 19.3 Å². The Morgan fingerprint density at radius 2 is 2.12 bits per heavy atom. The number of amides is 2. The second-order valence-electron chi connectivity index (χ2n) is 6.13. The molecule has 6 nitrogen and oxygen atoms in total. The molecule has 0 atom stereocenters. The molecule has 0 aliphatic heterocycles. The smallest absolute Gasteiger partial charge is 0.261 e. The number of nitrogens with one attached hydrogen (secondary N) is 2. The molecule has 0 bridgehead atoms. The van der Waals surface area contributed by atoms with Crippen LogP contribution < -0.4 is 10.6 Å². The lowest BCUT2D eigenvalue weighted by Crippen LogP contribution is -2.24. The fourth-order valence-electron chi connectivity index (χ4n) is 2.59. The molecule has 0 aromatic carbocycles. The van der Waals surface area contributed by atoms with Gasteiger partial charge in [-0.2, -0.15) is 0 Å². The zero-order valence-corrected chi connectivity index (χ0v) is 14.4. The molecule has 0 radical (unpaired) electrons. The monoisotopic (exact) mass is 354 g/mol. The van der Waals surface area contributed by atoms with Crippen molar-refractivity contribution in [3.63, 3.8) is 0 Å². The number of anilines is 1. The molecular formula is C18H18N4O2S. The van der Waals surface area contributed by atoms with Crippen LogP contribution in [0.5, 0.6) is 0 Å². The van der Waals surface area contributed by atoms with Crippen molar-refractivity contribution in [3.8, 4) is 0 Å². The van der Waals surface area contributed by atoms with Crippen molar-refractivity contribution >= 4 is 33.8 Å². The number of aromatic nitrogens is 2. The molecule has 0 unspecified atom stereocenters. The zero-order chi connectivity index (χ0) is 17.2. The lowest BCUT2D eigenvalue weighted by atomic mass is 10.3. The number of nitrogens with zero attached hydrogens (tertiary/aromatic N) is 2. The van der Waals surface area contributed by atoms with Crippen molar-refractivity contribution in [2.75, 3.05) is 11.9 Å². The van der Waals surface area contributed by atoms with Crippen LogP contribution in [0.25, 0.3) is 5.65 Å². The highest BCUT2D eigenvalue weighted by atomic mass is 32.1. The van der Waals surface area contributed by atoms with Gasteiger partial charge in [0.25, 0.3) is 5.91 Å².